The first-order valence-corrected chi connectivity index (χ1v) is 17.6. The Balaban J connectivity index is 1.79. The Labute approximate surface area is 283 Å². The van der Waals surface area contributed by atoms with Gasteiger partial charge in [-0.1, -0.05) is 85.1 Å². The minimum atomic E-state index is -4.24. The monoisotopic (exact) mass is 675 g/mol. The summed E-state index contributed by atoms with van der Waals surface area (Å²) < 4.78 is 35.0. The molecule has 47 heavy (non-hydrogen) atoms. The standard InChI is InChI=1S/C37H42ClN3O5S/c1-4-6-23-39-37(43)35(25-29-12-8-7-9-13-29)40(26-30-14-10-11-28(3)24-30)36(42)27-41(32-17-19-33(20-18-32)46-5-2)47(44,45)34-21-15-31(38)16-22-34/h7-22,24,35H,4-6,23,25-27H2,1-3H3,(H,39,43)/t35-/m1/s1. The van der Waals surface area contributed by atoms with E-state index in [0.717, 1.165) is 33.8 Å². The molecule has 4 aromatic rings. The summed E-state index contributed by atoms with van der Waals surface area (Å²) in [5.41, 5.74) is 2.98. The number of hydrogen-bond donors (Lipinski definition) is 1. The predicted octanol–water partition coefficient (Wildman–Crippen LogP) is 6.80. The lowest BCUT2D eigenvalue weighted by atomic mass is 10.0. The number of ether oxygens (including phenoxy) is 1. The first-order valence-electron chi connectivity index (χ1n) is 15.8. The number of unbranched alkanes of at least 4 members (excludes halogenated alkanes) is 1. The van der Waals surface area contributed by atoms with E-state index in [-0.39, 0.29) is 29.5 Å². The van der Waals surface area contributed by atoms with Crippen LogP contribution in [-0.4, -0.2) is 50.9 Å². The number of benzene rings is 4. The normalized spacial score (nSPS) is 11.8. The zero-order valence-electron chi connectivity index (χ0n) is 27.1. The van der Waals surface area contributed by atoms with Crippen LogP contribution in [0, 0.1) is 6.92 Å². The van der Waals surface area contributed by atoms with Crippen LogP contribution >= 0.6 is 11.6 Å². The third-order valence-corrected chi connectivity index (χ3v) is 9.69. The Hall–Kier alpha value is -4.34. The third-order valence-electron chi connectivity index (χ3n) is 7.65. The van der Waals surface area contributed by atoms with Crippen molar-refractivity contribution in [3.8, 4) is 5.75 Å². The van der Waals surface area contributed by atoms with Crippen LogP contribution in [0.5, 0.6) is 5.75 Å². The highest BCUT2D eigenvalue weighted by atomic mass is 35.5. The van der Waals surface area contributed by atoms with Gasteiger partial charge in [0.1, 0.15) is 18.3 Å². The molecule has 0 spiro atoms. The topological polar surface area (TPSA) is 96.0 Å². The van der Waals surface area contributed by atoms with Gasteiger partial charge >= 0.3 is 0 Å². The van der Waals surface area contributed by atoms with Crippen LogP contribution in [0.4, 0.5) is 5.69 Å². The van der Waals surface area contributed by atoms with Crippen molar-refractivity contribution in [3.63, 3.8) is 0 Å². The molecule has 0 radical (unpaired) electrons. The Morgan fingerprint density at radius 3 is 2.19 bits per heavy atom. The highest BCUT2D eigenvalue weighted by molar-refractivity contribution is 7.92. The number of sulfonamides is 1. The molecular formula is C37H42ClN3O5S. The molecule has 8 nitrogen and oxygen atoms in total. The summed E-state index contributed by atoms with van der Waals surface area (Å²) in [6.07, 6.45) is 1.94. The van der Waals surface area contributed by atoms with E-state index in [9.17, 15) is 18.0 Å². The van der Waals surface area contributed by atoms with Crippen molar-refractivity contribution in [2.45, 2.75) is 57.5 Å². The van der Waals surface area contributed by atoms with Gasteiger partial charge in [-0.25, -0.2) is 8.42 Å². The molecule has 4 rings (SSSR count). The van der Waals surface area contributed by atoms with Crippen LogP contribution in [0.25, 0.3) is 0 Å². The number of halogens is 1. The minimum Gasteiger partial charge on any atom is -0.494 e. The second-order valence-corrected chi connectivity index (χ2v) is 13.6. The van der Waals surface area contributed by atoms with Crippen LogP contribution in [0.15, 0.2) is 108 Å². The molecule has 0 heterocycles. The van der Waals surface area contributed by atoms with E-state index in [4.69, 9.17) is 16.3 Å². The number of carbonyl (C=O) groups excluding carboxylic acids is 2. The van der Waals surface area contributed by atoms with Crippen molar-refractivity contribution < 1.29 is 22.7 Å². The van der Waals surface area contributed by atoms with Gasteiger partial charge in [-0.3, -0.25) is 13.9 Å². The summed E-state index contributed by atoms with van der Waals surface area (Å²) in [4.78, 5) is 29.9. The highest BCUT2D eigenvalue weighted by Crippen LogP contribution is 2.28. The first-order chi connectivity index (χ1) is 22.6. The van der Waals surface area contributed by atoms with E-state index >= 15 is 0 Å². The van der Waals surface area contributed by atoms with Gasteiger partial charge in [0.15, 0.2) is 0 Å². The van der Waals surface area contributed by atoms with E-state index in [1.54, 1.807) is 24.3 Å². The van der Waals surface area contributed by atoms with Crippen molar-refractivity contribution in [2.24, 2.45) is 0 Å². The molecule has 0 aliphatic heterocycles. The quantitative estimate of drug-likeness (QED) is 0.132. The van der Waals surface area contributed by atoms with E-state index in [1.807, 2.05) is 75.4 Å². The molecule has 0 aliphatic carbocycles. The van der Waals surface area contributed by atoms with Gasteiger partial charge in [0.2, 0.25) is 11.8 Å². The SMILES string of the molecule is CCCCNC(=O)[C@@H](Cc1ccccc1)N(Cc1cccc(C)c1)C(=O)CN(c1ccc(OCC)cc1)S(=O)(=O)c1ccc(Cl)cc1. The van der Waals surface area contributed by atoms with Crippen LogP contribution in [0.3, 0.4) is 0 Å². The summed E-state index contributed by atoms with van der Waals surface area (Å²) >= 11 is 6.07. The zero-order chi connectivity index (χ0) is 33.8. The Morgan fingerprint density at radius 1 is 0.872 bits per heavy atom. The fraction of sp³-hybridized carbons (Fsp3) is 0.297. The average molecular weight is 676 g/mol. The molecule has 0 saturated carbocycles. The number of anilines is 1. The number of rotatable bonds is 16. The molecule has 0 unspecified atom stereocenters. The number of aryl methyl sites for hydroxylation is 1. The smallest absolute Gasteiger partial charge is 0.264 e. The molecule has 4 aromatic carbocycles. The summed E-state index contributed by atoms with van der Waals surface area (Å²) in [6, 6.07) is 28.7. The molecule has 0 fully saturated rings. The van der Waals surface area contributed by atoms with Crippen LogP contribution in [-0.2, 0) is 32.6 Å². The second-order valence-electron chi connectivity index (χ2n) is 11.3. The van der Waals surface area contributed by atoms with Gasteiger partial charge in [-0.05, 0) is 79.9 Å². The molecule has 10 heteroatoms. The van der Waals surface area contributed by atoms with Crippen molar-refractivity contribution in [3.05, 3.63) is 125 Å². The van der Waals surface area contributed by atoms with Crippen molar-refractivity contribution in [1.82, 2.24) is 10.2 Å². The van der Waals surface area contributed by atoms with E-state index in [0.29, 0.717) is 23.9 Å². The van der Waals surface area contributed by atoms with Crippen molar-refractivity contribution >= 4 is 39.1 Å². The Bertz CT molecular complexity index is 1720. The van der Waals surface area contributed by atoms with Gasteiger partial charge in [0, 0.05) is 24.5 Å². The lowest BCUT2D eigenvalue weighted by Gasteiger charge is -2.34. The fourth-order valence-electron chi connectivity index (χ4n) is 5.21. The molecule has 1 N–H and O–H groups in total. The maximum atomic E-state index is 14.6. The van der Waals surface area contributed by atoms with Crippen LogP contribution in [0.2, 0.25) is 5.02 Å². The van der Waals surface area contributed by atoms with Crippen LogP contribution in [0.1, 0.15) is 43.4 Å². The van der Waals surface area contributed by atoms with Gasteiger partial charge < -0.3 is 15.0 Å². The Morgan fingerprint density at radius 2 is 1.55 bits per heavy atom. The number of hydrogen-bond acceptors (Lipinski definition) is 5. The Kier molecular flexibility index (Phi) is 12.8. The van der Waals surface area contributed by atoms with E-state index < -0.39 is 28.5 Å². The highest BCUT2D eigenvalue weighted by Gasteiger charge is 2.34. The summed E-state index contributed by atoms with van der Waals surface area (Å²) in [6.45, 7) is 6.34. The van der Waals surface area contributed by atoms with Crippen LogP contribution < -0.4 is 14.4 Å². The molecule has 0 aromatic heterocycles. The van der Waals surface area contributed by atoms with Gasteiger partial charge in [0.05, 0.1) is 17.2 Å². The molecule has 1 atom stereocenters. The predicted molar refractivity (Wildman–Crippen MR) is 187 cm³/mol. The zero-order valence-corrected chi connectivity index (χ0v) is 28.6. The average Bonchev–Trinajstić information content (AvgIpc) is 3.06. The molecule has 0 bridgehead atoms. The molecule has 2 amide bonds. The first kappa shape index (κ1) is 35.5. The molecular weight excluding hydrogens is 634 g/mol. The van der Waals surface area contributed by atoms with Gasteiger partial charge in [0.25, 0.3) is 10.0 Å². The number of carbonyl (C=O) groups is 2. The second kappa shape index (κ2) is 17.0. The molecule has 248 valence electrons. The fourth-order valence-corrected chi connectivity index (χ4v) is 6.75. The number of nitrogens with zero attached hydrogens (tertiary/aromatic N) is 2. The third kappa shape index (κ3) is 9.83. The van der Waals surface area contributed by atoms with Crippen molar-refractivity contribution in [1.29, 1.82) is 0 Å². The van der Waals surface area contributed by atoms with Gasteiger partial charge in [-0.2, -0.15) is 0 Å². The maximum Gasteiger partial charge on any atom is 0.264 e. The van der Waals surface area contributed by atoms with Gasteiger partial charge in [-0.15, -0.1) is 0 Å². The summed E-state index contributed by atoms with van der Waals surface area (Å²) in [7, 11) is -4.24. The minimum absolute atomic E-state index is 0.0213. The summed E-state index contributed by atoms with van der Waals surface area (Å²) in [5, 5.41) is 3.39. The number of nitrogens with one attached hydrogen (secondary N) is 1. The number of amides is 2. The van der Waals surface area contributed by atoms with Crippen molar-refractivity contribution in [2.75, 3.05) is 24.0 Å². The van der Waals surface area contributed by atoms with E-state index in [2.05, 4.69) is 5.32 Å². The lowest BCUT2D eigenvalue weighted by Crippen LogP contribution is -2.53. The largest absolute Gasteiger partial charge is 0.494 e. The molecule has 0 saturated heterocycles. The lowest BCUT2D eigenvalue weighted by molar-refractivity contribution is -0.140. The van der Waals surface area contributed by atoms with E-state index in [1.165, 1.54) is 29.2 Å². The molecule has 0 aliphatic rings. The maximum absolute atomic E-state index is 14.6. The summed E-state index contributed by atoms with van der Waals surface area (Å²) in [5.74, 6) is -0.250.